The molecule has 2 saturated heterocycles. The van der Waals surface area contributed by atoms with E-state index in [9.17, 15) is 0 Å². The second-order valence-corrected chi connectivity index (χ2v) is 9.99. The normalized spacial score (nSPS) is 29.5. The van der Waals surface area contributed by atoms with Gasteiger partial charge in [0.25, 0.3) is 0 Å². The highest BCUT2D eigenvalue weighted by Gasteiger charge is 2.30. The Bertz CT molecular complexity index is 604. The van der Waals surface area contributed by atoms with Crippen molar-refractivity contribution in [3.63, 3.8) is 0 Å². The van der Waals surface area contributed by atoms with Gasteiger partial charge in [0.05, 0.1) is 6.54 Å². The van der Waals surface area contributed by atoms with Crippen LogP contribution >= 0.6 is 11.8 Å². The first kappa shape index (κ1) is 24.3. The summed E-state index contributed by atoms with van der Waals surface area (Å²) in [6, 6.07) is 1.26. The number of hydrogen-bond donors (Lipinski definition) is 2. The number of thioether (sulfide) groups is 1. The molecule has 0 bridgehead atoms. The molecule has 166 valence electrons. The third kappa shape index (κ3) is 6.74. The van der Waals surface area contributed by atoms with Crippen LogP contribution in [0.15, 0.2) is 29.5 Å². The fourth-order valence-corrected chi connectivity index (χ4v) is 4.74. The zero-order valence-corrected chi connectivity index (χ0v) is 20.1. The average Bonchev–Trinajstić information content (AvgIpc) is 2.97. The Kier molecular flexibility index (Phi) is 9.07. The lowest BCUT2D eigenvalue weighted by Gasteiger charge is -2.47. The molecule has 0 aromatic heterocycles. The molecule has 6 nitrogen and oxygen atoms in total. The summed E-state index contributed by atoms with van der Waals surface area (Å²) < 4.78 is 0. The lowest BCUT2D eigenvalue weighted by atomic mass is 10.0. The first-order chi connectivity index (χ1) is 13.6. The van der Waals surface area contributed by atoms with Crippen LogP contribution in [0.5, 0.6) is 0 Å². The molecule has 0 radical (unpaired) electrons. The Balaban J connectivity index is 1.87. The van der Waals surface area contributed by atoms with E-state index in [0.29, 0.717) is 30.0 Å². The lowest BCUT2D eigenvalue weighted by Crippen LogP contribution is -2.56. The maximum absolute atomic E-state index is 6.10. The summed E-state index contributed by atoms with van der Waals surface area (Å²) in [5.41, 5.74) is 2.24. The predicted octanol–water partition coefficient (Wildman–Crippen LogP) is 2.96. The van der Waals surface area contributed by atoms with Crippen molar-refractivity contribution in [3.05, 3.63) is 24.6 Å². The van der Waals surface area contributed by atoms with Gasteiger partial charge in [-0.1, -0.05) is 45.7 Å². The topological polar surface area (TPSA) is 60.1 Å². The van der Waals surface area contributed by atoms with Crippen molar-refractivity contribution in [1.29, 1.82) is 0 Å². The third-order valence-corrected chi connectivity index (χ3v) is 6.75. The molecule has 2 aliphatic heterocycles. The Labute approximate surface area is 182 Å². The number of hydrazine groups is 1. The minimum Gasteiger partial charge on any atom is -0.370 e. The number of nitrogens with two attached hydrogens (primary N) is 1. The van der Waals surface area contributed by atoms with Gasteiger partial charge in [-0.05, 0) is 38.4 Å². The van der Waals surface area contributed by atoms with Crippen molar-refractivity contribution < 1.29 is 0 Å². The highest BCUT2D eigenvalue weighted by molar-refractivity contribution is 8.13. The fraction of sp³-hybridized carbons (Fsp3) is 0.773. The van der Waals surface area contributed by atoms with Gasteiger partial charge in [0.2, 0.25) is 0 Å². The summed E-state index contributed by atoms with van der Waals surface area (Å²) in [7, 11) is 0. The zero-order valence-electron chi connectivity index (χ0n) is 19.3. The van der Waals surface area contributed by atoms with Gasteiger partial charge >= 0.3 is 0 Å². The molecule has 29 heavy (non-hydrogen) atoms. The number of nitrogens with one attached hydrogen (secondary N) is 1. The third-order valence-electron chi connectivity index (χ3n) is 6.13. The molecular formula is C22H42N6S. The molecule has 2 fully saturated rings. The number of allylic oxidation sites excluding steroid dienone is 1. The van der Waals surface area contributed by atoms with E-state index < -0.39 is 0 Å². The molecule has 2 heterocycles. The monoisotopic (exact) mass is 422 g/mol. The van der Waals surface area contributed by atoms with Gasteiger partial charge in [0.15, 0.2) is 5.17 Å². The standard InChI is InChI=1S/C22H42N6S/c1-15(2)20(7)27-14-18(5)26(13-19(27)6)12-17(4)25-22(29-8)24-10-21-9-16(3)11-28(21)23/h15-16,18-19,21H,4,7,9-14,23H2,1-3,5-6,8H3,(H,24,25). The molecule has 0 aromatic carbocycles. The maximum Gasteiger partial charge on any atom is 0.160 e. The van der Waals surface area contributed by atoms with Crippen molar-refractivity contribution >= 4 is 16.9 Å². The quantitative estimate of drug-likeness (QED) is 0.374. The van der Waals surface area contributed by atoms with E-state index in [4.69, 9.17) is 10.8 Å². The summed E-state index contributed by atoms with van der Waals surface area (Å²) in [6.45, 7) is 24.4. The minimum absolute atomic E-state index is 0.338. The number of piperazine rings is 1. The summed E-state index contributed by atoms with van der Waals surface area (Å²) in [6.07, 6.45) is 3.17. The molecule has 7 heteroatoms. The van der Waals surface area contributed by atoms with Gasteiger partial charge in [0, 0.05) is 55.7 Å². The number of hydrogen-bond acceptors (Lipinski definition) is 6. The van der Waals surface area contributed by atoms with E-state index in [1.165, 1.54) is 5.70 Å². The fourth-order valence-electron chi connectivity index (χ4n) is 4.29. The molecule has 2 aliphatic rings. The minimum atomic E-state index is 0.338. The van der Waals surface area contributed by atoms with E-state index in [0.717, 1.165) is 50.0 Å². The lowest BCUT2D eigenvalue weighted by molar-refractivity contribution is 0.0658. The summed E-state index contributed by atoms with van der Waals surface area (Å²) in [4.78, 5) is 9.75. The highest BCUT2D eigenvalue weighted by atomic mass is 32.2. The van der Waals surface area contributed by atoms with Crippen LogP contribution in [-0.4, -0.2) is 77.1 Å². The smallest absolute Gasteiger partial charge is 0.160 e. The average molecular weight is 423 g/mol. The van der Waals surface area contributed by atoms with E-state index in [2.05, 4.69) is 69.1 Å². The van der Waals surface area contributed by atoms with E-state index in [1.807, 2.05) is 5.01 Å². The predicted molar refractivity (Wildman–Crippen MR) is 128 cm³/mol. The summed E-state index contributed by atoms with van der Waals surface area (Å²) in [5.74, 6) is 7.24. The molecular weight excluding hydrogens is 380 g/mol. The molecule has 3 N–H and O–H groups in total. The van der Waals surface area contributed by atoms with Crippen molar-refractivity contribution in [2.45, 2.75) is 59.2 Å². The molecule has 4 atom stereocenters. The second kappa shape index (κ2) is 10.8. The van der Waals surface area contributed by atoms with Crippen molar-refractivity contribution in [2.24, 2.45) is 22.7 Å². The number of aliphatic imine (C=N–C) groups is 1. The molecule has 0 spiro atoms. The van der Waals surface area contributed by atoms with Crippen LogP contribution < -0.4 is 11.2 Å². The second-order valence-electron chi connectivity index (χ2n) is 9.20. The molecule has 4 unspecified atom stereocenters. The van der Waals surface area contributed by atoms with Gasteiger partial charge in [-0.25, -0.2) is 5.01 Å². The summed E-state index contributed by atoms with van der Waals surface area (Å²) >= 11 is 1.63. The summed E-state index contributed by atoms with van der Waals surface area (Å²) in [5, 5.41) is 6.30. The van der Waals surface area contributed by atoms with Crippen molar-refractivity contribution in [1.82, 2.24) is 20.1 Å². The first-order valence-corrected chi connectivity index (χ1v) is 12.1. The highest BCUT2D eigenvalue weighted by Crippen LogP contribution is 2.23. The van der Waals surface area contributed by atoms with E-state index in [1.54, 1.807) is 11.8 Å². The Morgan fingerprint density at radius 3 is 2.41 bits per heavy atom. The maximum atomic E-state index is 6.10. The molecule has 0 amide bonds. The molecule has 0 aromatic rings. The van der Waals surface area contributed by atoms with Crippen LogP contribution in [0.4, 0.5) is 0 Å². The Hall–Kier alpha value is -1.02. The van der Waals surface area contributed by atoms with Crippen molar-refractivity contribution in [3.8, 4) is 0 Å². The first-order valence-electron chi connectivity index (χ1n) is 10.9. The van der Waals surface area contributed by atoms with E-state index in [-0.39, 0.29) is 0 Å². The largest absolute Gasteiger partial charge is 0.370 e. The zero-order chi connectivity index (χ0) is 21.7. The van der Waals surface area contributed by atoms with Crippen LogP contribution in [0.25, 0.3) is 0 Å². The van der Waals surface area contributed by atoms with Gasteiger partial charge in [0.1, 0.15) is 0 Å². The molecule has 2 rings (SSSR count). The number of amidine groups is 1. The van der Waals surface area contributed by atoms with Crippen LogP contribution in [0, 0.1) is 11.8 Å². The molecule has 0 aliphatic carbocycles. The van der Waals surface area contributed by atoms with Gasteiger partial charge in [-0.15, -0.1) is 0 Å². The van der Waals surface area contributed by atoms with Crippen LogP contribution in [0.3, 0.4) is 0 Å². The van der Waals surface area contributed by atoms with Crippen LogP contribution in [-0.2, 0) is 0 Å². The number of rotatable bonds is 7. The van der Waals surface area contributed by atoms with Gasteiger partial charge < -0.3 is 10.2 Å². The van der Waals surface area contributed by atoms with Crippen molar-refractivity contribution in [2.75, 3.05) is 39.0 Å². The van der Waals surface area contributed by atoms with Gasteiger partial charge in [-0.3, -0.25) is 15.7 Å². The van der Waals surface area contributed by atoms with Crippen LogP contribution in [0.2, 0.25) is 0 Å². The van der Waals surface area contributed by atoms with E-state index >= 15 is 0 Å². The molecule has 0 saturated carbocycles. The Morgan fingerprint density at radius 2 is 1.86 bits per heavy atom. The van der Waals surface area contributed by atoms with Gasteiger partial charge in [-0.2, -0.15) is 0 Å². The SMILES string of the molecule is C=C(CN1CC(C)N(C(=C)C(C)C)CC1C)NC(=NCC1CC(C)CN1N)SC. The number of nitrogens with zero attached hydrogens (tertiary/aromatic N) is 4. The van der Waals surface area contributed by atoms with Crippen LogP contribution in [0.1, 0.15) is 41.0 Å². The Morgan fingerprint density at radius 1 is 1.17 bits per heavy atom.